The van der Waals surface area contributed by atoms with Gasteiger partial charge in [0, 0.05) is 18.1 Å². The standard InChI is InChI=1S/C13H26N2/c1-11-5-8-15(12(2)9-11)10-13(3)6-4-7-14-13/h11-12,14H,4-10H2,1-3H3. The van der Waals surface area contributed by atoms with Gasteiger partial charge >= 0.3 is 0 Å². The summed E-state index contributed by atoms with van der Waals surface area (Å²) < 4.78 is 0. The third kappa shape index (κ3) is 2.73. The molecule has 0 aromatic carbocycles. The summed E-state index contributed by atoms with van der Waals surface area (Å²) in [6.07, 6.45) is 5.48. The molecule has 0 amide bonds. The maximum atomic E-state index is 3.67. The molecular weight excluding hydrogens is 184 g/mol. The summed E-state index contributed by atoms with van der Waals surface area (Å²) in [4.78, 5) is 2.69. The lowest BCUT2D eigenvalue weighted by Crippen LogP contribution is -2.52. The van der Waals surface area contributed by atoms with E-state index in [1.54, 1.807) is 0 Å². The normalized spacial score (nSPS) is 43.4. The van der Waals surface area contributed by atoms with Gasteiger partial charge in [0.25, 0.3) is 0 Å². The molecule has 2 rings (SSSR count). The van der Waals surface area contributed by atoms with Crippen molar-refractivity contribution in [3.63, 3.8) is 0 Å². The summed E-state index contributed by atoms with van der Waals surface area (Å²) >= 11 is 0. The Kier molecular flexibility index (Phi) is 3.36. The topological polar surface area (TPSA) is 15.3 Å². The largest absolute Gasteiger partial charge is 0.310 e. The fraction of sp³-hybridized carbons (Fsp3) is 1.00. The Bertz CT molecular complexity index is 209. The minimum absolute atomic E-state index is 0.398. The number of hydrogen-bond donors (Lipinski definition) is 1. The van der Waals surface area contributed by atoms with Crippen LogP contribution in [-0.4, -0.2) is 36.1 Å². The van der Waals surface area contributed by atoms with E-state index < -0.39 is 0 Å². The van der Waals surface area contributed by atoms with Crippen LogP contribution in [-0.2, 0) is 0 Å². The maximum absolute atomic E-state index is 3.67. The van der Waals surface area contributed by atoms with E-state index in [9.17, 15) is 0 Å². The number of piperidine rings is 1. The van der Waals surface area contributed by atoms with Crippen LogP contribution in [0, 0.1) is 5.92 Å². The summed E-state index contributed by atoms with van der Waals surface area (Å²) in [7, 11) is 0. The molecule has 1 N–H and O–H groups in total. The number of nitrogens with zero attached hydrogens (tertiary/aromatic N) is 1. The van der Waals surface area contributed by atoms with Crippen LogP contribution in [0.5, 0.6) is 0 Å². The van der Waals surface area contributed by atoms with Gasteiger partial charge in [0.05, 0.1) is 0 Å². The summed E-state index contributed by atoms with van der Waals surface area (Å²) in [5.74, 6) is 0.931. The van der Waals surface area contributed by atoms with E-state index in [1.807, 2.05) is 0 Å². The molecule has 2 heterocycles. The molecule has 3 unspecified atom stereocenters. The molecule has 0 aliphatic carbocycles. The van der Waals surface area contributed by atoms with E-state index in [-0.39, 0.29) is 0 Å². The second-order valence-corrected chi connectivity index (χ2v) is 6.04. The zero-order valence-corrected chi connectivity index (χ0v) is 10.6. The smallest absolute Gasteiger partial charge is 0.0281 e. The first-order chi connectivity index (χ1) is 7.09. The number of likely N-dealkylation sites (tertiary alicyclic amines) is 1. The van der Waals surface area contributed by atoms with Gasteiger partial charge in [-0.05, 0) is 58.5 Å². The predicted octanol–water partition coefficient (Wildman–Crippen LogP) is 2.25. The van der Waals surface area contributed by atoms with Gasteiger partial charge in [0.2, 0.25) is 0 Å². The Hall–Kier alpha value is -0.0800. The van der Waals surface area contributed by atoms with Gasteiger partial charge in [-0.1, -0.05) is 6.92 Å². The third-order valence-corrected chi connectivity index (χ3v) is 4.29. The van der Waals surface area contributed by atoms with Crippen molar-refractivity contribution < 1.29 is 0 Å². The first kappa shape index (κ1) is 11.4. The van der Waals surface area contributed by atoms with Crippen molar-refractivity contribution in [3.8, 4) is 0 Å². The fourth-order valence-corrected chi connectivity index (χ4v) is 3.23. The van der Waals surface area contributed by atoms with E-state index >= 15 is 0 Å². The van der Waals surface area contributed by atoms with E-state index in [1.165, 1.54) is 45.3 Å². The Morgan fingerprint density at radius 3 is 2.80 bits per heavy atom. The van der Waals surface area contributed by atoms with Crippen molar-refractivity contribution in [2.45, 2.75) is 58.0 Å². The average Bonchev–Trinajstić information content (AvgIpc) is 2.58. The predicted molar refractivity (Wildman–Crippen MR) is 65.1 cm³/mol. The summed E-state index contributed by atoms with van der Waals surface area (Å²) in [5, 5.41) is 3.67. The molecule has 2 aliphatic heterocycles. The third-order valence-electron chi connectivity index (χ3n) is 4.29. The van der Waals surface area contributed by atoms with Gasteiger partial charge in [-0.3, -0.25) is 4.90 Å². The van der Waals surface area contributed by atoms with Gasteiger partial charge in [-0.2, -0.15) is 0 Å². The van der Waals surface area contributed by atoms with Crippen LogP contribution in [0.1, 0.15) is 46.5 Å². The van der Waals surface area contributed by atoms with Crippen LogP contribution in [0.3, 0.4) is 0 Å². The van der Waals surface area contributed by atoms with Crippen molar-refractivity contribution in [2.24, 2.45) is 5.92 Å². The van der Waals surface area contributed by atoms with Gasteiger partial charge in [-0.15, -0.1) is 0 Å². The first-order valence-corrected chi connectivity index (χ1v) is 6.58. The van der Waals surface area contributed by atoms with Crippen LogP contribution in [0.15, 0.2) is 0 Å². The molecule has 3 atom stereocenters. The SMILES string of the molecule is CC1CCN(CC2(C)CCCN2)C(C)C1. The molecule has 0 spiro atoms. The summed E-state index contributed by atoms with van der Waals surface area (Å²) in [6.45, 7) is 11.0. The Morgan fingerprint density at radius 2 is 2.20 bits per heavy atom. The minimum atomic E-state index is 0.398. The van der Waals surface area contributed by atoms with Gasteiger partial charge in [0.1, 0.15) is 0 Å². The molecule has 15 heavy (non-hydrogen) atoms. The lowest BCUT2D eigenvalue weighted by Gasteiger charge is -2.41. The molecule has 0 aromatic rings. The monoisotopic (exact) mass is 210 g/mol. The molecule has 2 aliphatic rings. The van der Waals surface area contributed by atoms with Crippen LogP contribution < -0.4 is 5.32 Å². The highest BCUT2D eigenvalue weighted by molar-refractivity contribution is 4.93. The molecular formula is C13H26N2. The van der Waals surface area contributed by atoms with Crippen LogP contribution >= 0.6 is 0 Å². The zero-order valence-electron chi connectivity index (χ0n) is 10.6. The van der Waals surface area contributed by atoms with Gasteiger partial charge in [-0.25, -0.2) is 0 Å². The molecule has 0 radical (unpaired) electrons. The lowest BCUT2D eigenvalue weighted by molar-refractivity contribution is 0.0987. The molecule has 2 fully saturated rings. The molecule has 0 saturated carbocycles. The van der Waals surface area contributed by atoms with Crippen molar-refractivity contribution in [2.75, 3.05) is 19.6 Å². The van der Waals surface area contributed by atoms with Crippen molar-refractivity contribution in [3.05, 3.63) is 0 Å². The highest BCUT2D eigenvalue weighted by Gasteiger charge is 2.33. The molecule has 88 valence electrons. The van der Waals surface area contributed by atoms with Crippen LogP contribution in [0.25, 0.3) is 0 Å². The van der Waals surface area contributed by atoms with Crippen molar-refractivity contribution in [1.82, 2.24) is 10.2 Å². The van der Waals surface area contributed by atoms with E-state index in [2.05, 4.69) is 31.0 Å². The lowest BCUT2D eigenvalue weighted by atomic mass is 9.91. The van der Waals surface area contributed by atoms with Gasteiger partial charge < -0.3 is 5.32 Å². The second-order valence-electron chi connectivity index (χ2n) is 6.04. The van der Waals surface area contributed by atoms with E-state index in [0.29, 0.717) is 5.54 Å². The molecule has 2 nitrogen and oxygen atoms in total. The second kappa shape index (κ2) is 4.42. The first-order valence-electron chi connectivity index (χ1n) is 6.58. The fourth-order valence-electron chi connectivity index (χ4n) is 3.23. The van der Waals surface area contributed by atoms with Crippen molar-refractivity contribution in [1.29, 1.82) is 0 Å². The van der Waals surface area contributed by atoms with Gasteiger partial charge in [0.15, 0.2) is 0 Å². The Balaban J connectivity index is 1.88. The highest BCUT2D eigenvalue weighted by atomic mass is 15.2. The number of rotatable bonds is 2. The number of hydrogen-bond acceptors (Lipinski definition) is 2. The average molecular weight is 210 g/mol. The van der Waals surface area contributed by atoms with Crippen LogP contribution in [0.2, 0.25) is 0 Å². The van der Waals surface area contributed by atoms with Crippen LogP contribution in [0.4, 0.5) is 0 Å². The zero-order chi connectivity index (χ0) is 10.9. The number of nitrogens with one attached hydrogen (secondary N) is 1. The Labute approximate surface area is 94.4 Å². The Morgan fingerprint density at radius 1 is 1.40 bits per heavy atom. The minimum Gasteiger partial charge on any atom is -0.310 e. The maximum Gasteiger partial charge on any atom is 0.0281 e. The summed E-state index contributed by atoms with van der Waals surface area (Å²) in [6, 6.07) is 0.785. The quantitative estimate of drug-likeness (QED) is 0.752. The van der Waals surface area contributed by atoms with E-state index in [4.69, 9.17) is 0 Å². The molecule has 2 heteroatoms. The molecule has 0 bridgehead atoms. The summed E-state index contributed by atoms with van der Waals surface area (Å²) in [5.41, 5.74) is 0.398. The molecule has 2 saturated heterocycles. The van der Waals surface area contributed by atoms with Crippen molar-refractivity contribution >= 4 is 0 Å². The van der Waals surface area contributed by atoms with E-state index in [0.717, 1.165) is 12.0 Å². The highest BCUT2D eigenvalue weighted by Crippen LogP contribution is 2.26. The molecule has 0 aromatic heterocycles.